The Morgan fingerprint density at radius 1 is 0.818 bits per heavy atom. The van der Waals surface area contributed by atoms with Gasteiger partial charge in [-0.3, -0.25) is 4.98 Å². The van der Waals surface area contributed by atoms with Crippen LogP contribution in [-0.2, 0) is 5.41 Å². The lowest BCUT2D eigenvalue weighted by molar-refractivity contribution is 0.660. The average molecular weight is 306 g/mol. The molecule has 1 nitrogen and oxygen atoms in total. The van der Waals surface area contributed by atoms with E-state index in [-0.39, 0.29) is 5.41 Å². The van der Waals surface area contributed by atoms with E-state index in [4.69, 9.17) is 11.6 Å². The minimum absolute atomic E-state index is 0.00317. The summed E-state index contributed by atoms with van der Waals surface area (Å²) in [5, 5.41) is 0.693. The Labute approximate surface area is 135 Å². The van der Waals surface area contributed by atoms with Crippen LogP contribution in [0.15, 0.2) is 60.8 Å². The van der Waals surface area contributed by atoms with Crippen molar-refractivity contribution >= 4 is 11.6 Å². The first-order valence-corrected chi connectivity index (χ1v) is 7.83. The van der Waals surface area contributed by atoms with Gasteiger partial charge in [0.25, 0.3) is 0 Å². The number of halogens is 1. The van der Waals surface area contributed by atoms with E-state index in [0.29, 0.717) is 5.02 Å². The minimum atomic E-state index is 0.00317. The topological polar surface area (TPSA) is 12.9 Å². The fraction of sp³-hybridized carbons (Fsp3) is 0.150. The number of nitrogens with zero attached hydrogens (tertiary/aromatic N) is 1. The molecule has 0 spiro atoms. The van der Waals surface area contributed by atoms with Gasteiger partial charge in [-0.1, -0.05) is 67.9 Å². The van der Waals surface area contributed by atoms with E-state index in [9.17, 15) is 0 Å². The van der Waals surface area contributed by atoms with Crippen LogP contribution in [0.3, 0.4) is 0 Å². The smallest absolute Gasteiger partial charge is 0.0894 e. The number of fused-ring (bicyclic) bond motifs is 3. The fourth-order valence-electron chi connectivity index (χ4n) is 3.54. The molecule has 0 saturated heterocycles. The number of hydrogen-bond donors (Lipinski definition) is 0. The lowest BCUT2D eigenvalue weighted by atomic mass is 9.82. The van der Waals surface area contributed by atoms with Crippen LogP contribution in [0, 0.1) is 0 Å². The maximum Gasteiger partial charge on any atom is 0.0894 e. The maximum atomic E-state index is 6.40. The molecule has 2 heteroatoms. The largest absolute Gasteiger partial charge is 0.255 e. The van der Waals surface area contributed by atoms with Crippen LogP contribution in [0.5, 0.6) is 0 Å². The second-order valence-corrected chi connectivity index (χ2v) is 6.64. The van der Waals surface area contributed by atoms with E-state index < -0.39 is 0 Å². The summed E-state index contributed by atoms with van der Waals surface area (Å²) >= 11 is 6.40. The number of aromatic nitrogens is 1. The highest BCUT2D eigenvalue weighted by molar-refractivity contribution is 6.33. The van der Waals surface area contributed by atoms with Gasteiger partial charge in [-0.2, -0.15) is 0 Å². The summed E-state index contributed by atoms with van der Waals surface area (Å²) in [6.07, 6.45) is 1.80. The summed E-state index contributed by atoms with van der Waals surface area (Å²) in [5.41, 5.74) is 7.24. The summed E-state index contributed by atoms with van der Waals surface area (Å²) in [7, 11) is 0. The van der Waals surface area contributed by atoms with Gasteiger partial charge in [0.1, 0.15) is 0 Å². The predicted octanol–water partition coefficient (Wildman–Crippen LogP) is 5.71. The Bertz CT molecular complexity index is 880. The van der Waals surface area contributed by atoms with Crippen molar-refractivity contribution in [3.63, 3.8) is 0 Å². The van der Waals surface area contributed by atoms with Gasteiger partial charge < -0.3 is 0 Å². The van der Waals surface area contributed by atoms with Crippen molar-refractivity contribution in [2.75, 3.05) is 0 Å². The first kappa shape index (κ1) is 13.5. The van der Waals surface area contributed by atoms with Gasteiger partial charge in [0.05, 0.1) is 10.7 Å². The molecule has 0 N–H and O–H groups in total. The third kappa shape index (κ3) is 1.75. The predicted molar refractivity (Wildman–Crippen MR) is 92.2 cm³/mol. The third-order valence-electron chi connectivity index (χ3n) is 4.62. The second-order valence-electron chi connectivity index (χ2n) is 6.23. The molecule has 0 bridgehead atoms. The van der Waals surface area contributed by atoms with Gasteiger partial charge in [0.2, 0.25) is 0 Å². The van der Waals surface area contributed by atoms with Crippen LogP contribution in [0.1, 0.15) is 25.0 Å². The lowest BCUT2D eigenvalue weighted by Crippen LogP contribution is -2.14. The zero-order valence-electron chi connectivity index (χ0n) is 12.6. The second kappa shape index (κ2) is 4.69. The first-order chi connectivity index (χ1) is 10.6. The number of benzene rings is 2. The van der Waals surface area contributed by atoms with Gasteiger partial charge in [0, 0.05) is 17.2 Å². The maximum absolute atomic E-state index is 6.40. The number of pyridine rings is 1. The Morgan fingerprint density at radius 3 is 2.36 bits per heavy atom. The molecule has 1 aliphatic carbocycles. The molecule has 108 valence electrons. The molecule has 1 aromatic heterocycles. The zero-order chi connectivity index (χ0) is 15.3. The van der Waals surface area contributed by atoms with Gasteiger partial charge in [-0.05, 0) is 34.4 Å². The number of hydrogen-bond acceptors (Lipinski definition) is 1. The highest BCUT2D eigenvalue weighted by atomic mass is 35.5. The van der Waals surface area contributed by atoms with Crippen LogP contribution in [-0.4, -0.2) is 4.98 Å². The van der Waals surface area contributed by atoms with Crippen LogP contribution in [0.4, 0.5) is 0 Å². The molecule has 0 fully saturated rings. The van der Waals surface area contributed by atoms with E-state index in [1.807, 2.05) is 12.1 Å². The Balaban J connectivity index is 2.09. The van der Waals surface area contributed by atoms with E-state index >= 15 is 0 Å². The monoisotopic (exact) mass is 305 g/mol. The zero-order valence-corrected chi connectivity index (χ0v) is 13.4. The standard InChI is InChI=1S/C20H16ClN/c1-20(2)15-9-4-3-7-13(15)18-14(8-5-10-16(18)20)19-17(21)11-6-12-22-19/h3-12H,1-2H3. The van der Waals surface area contributed by atoms with E-state index in [2.05, 4.69) is 61.3 Å². The van der Waals surface area contributed by atoms with Crippen molar-refractivity contribution in [3.8, 4) is 22.4 Å². The van der Waals surface area contributed by atoms with Crippen molar-refractivity contribution in [1.82, 2.24) is 4.98 Å². The average Bonchev–Trinajstić information content (AvgIpc) is 2.77. The number of rotatable bonds is 1. The lowest BCUT2D eigenvalue weighted by Gasteiger charge is -2.21. The van der Waals surface area contributed by atoms with Crippen LogP contribution >= 0.6 is 11.6 Å². The minimum Gasteiger partial charge on any atom is -0.255 e. The molecule has 0 aliphatic heterocycles. The highest BCUT2D eigenvalue weighted by Crippen LogP contribution is 2.52. The third-order valence-corrected chi connectivity index (χ3v) is 4.93. The summed E-state index contributed by atoms with van der Waals surface area (Å²) in [6, 6.07) is 18.8. The van der Waals surface area contributed by atoms with Crippen LogP contribution in [0.25, 0.3) is 22.4 Å². The molecule has 0 atom stereocenters. The molecule has 0 radical (unpaired) electrons. The molecule has 22 heavy (non-hydrogen) atoms. The molecular weight excluding hydrogens is 290 g/mol. The molecule has 2 aromatic carbocycles. The summed E-state index contributed by atoms with van der Waals surface area (Å²) in [6.45, 7) is 4.56. The van der Waals surface area contributed by atoms with Gasteiger partial charge >= 0.3 is 0 Å². The van der Waals surface area contributed by atoms with Crippen molar-refractivity contribution in [1.29, 1.82) is 0 Å². The fourth-order valence-corrected chi connectivity index (χ4v) is 3.76. The summed E-state index contributed by atoms with van der Waals surface area (Å²) in [5.74, 6) is 0. The van der Waals surface area contributed by atoms with Crippen molar-refractivity contribution in [2.24, 2.45) is 0 Å². The quantitative estimate of drug-likeness (QED) is 0.561. The summed E-state index contributed by atoms with van der Waals surface area (Å²) < 4.78 is 0. The Hall–Kier alpha value is -2.12. The molecule has 1 aliphatic rings. The SMILES string of the molecule is CC1(C)c2ccccc2-c2c(-c3ncccc3Cl)cccc21. The van der Waals surface area contributed by atoms with E-state index in [0.717, 1.165) is 11.3 Å². The van der Waals surface area contributed by atoms with E-state index in [1.165, 1.54) is 22.3 Å². The normalized spacial score (nSPS) is 14.5. The molecule has 0 amide bonds. The van der Waals surface area contributed by atoms with Gasteiger partial charge in [0.15, 0.2) is 0 Å². The molecule has 3 aromatic rings. The van der Waals surface area contributed by atoms with Crippen LogP contribution in [0.2, 0.25) is 5.02 Å². The molecule has 0 saturated carbocycles. The van der Waals surface area contributed by atoms with Crippen molar-refractivity contribution in [3.05, 3.63) is 76.9 Å². The summed E-state index contributed by atoms with van der Waals surface area (Å²) in [4.78, 5) is 4.51. The van der Waals surface area contributed by atoms with Crippen molar-refractivity contribution < 1.29 is 0 Å². The first-order valence-electron chi connectivity index (χ1n) is 7.45. The van der Waals surface area contributed by atoms with E-state index in [1.54, 1.807) is 6.20 Å². The molecule has 1 heterocycles. The van der Waals surface area contributed by atoms with Gasteiger partial charge in [-0.25, -0.2) is 0 Å². The van der Waals surface area contributed by atoms with Crippen LogP contribution < -0.4 is 0 Å². The molecule has 0 unspecified atom stereocenters. The highest BCUT2D eigenvalue weighted by Gasteiger charge is 2.36. The van der Waals surface area contributed by atoms with Gasteiger partial charge in [-0.15, -0.1) is 0 Å². The molecule has 4 rings (SSSR count). The Kier molecular flexibility index (Phi) is 2.88. The van der Waals surface area contributed by atoms with Crippen molar-refractivity contribution in [2.45, 2.75) is 19.3 Å². The Morgan fingerprint density at radius 2 is 1.55 bits per heavy atom. The molecular formula is C20H16ClN.